The molecule has 0 heterocycles. The van der Waals surface area contributed by atoms with Crippen LogP contribution >= 0.6 is 0 Å². The van der Waals surface area contributed by atoms with Crippen LogP contribution in [-0.2, 0) is 14.0 Å². The van der Waals surface area contributed by atoms with Gasteiger partial charge >= 0.3 is 5.97 Å². The third-order valence-corrected chi connectivity index (χ3v) is 11.3. The highest BCUT2D eigenvalue weighted by Crippen LogP contribution is 2.38. The van der Waals surface area contributed by atoms with Gasteiger partial charge < -0.3 is 9.16 Å². The van der Waals surface area contributed by atoms with Crippen molar-refractivity contribution in [1.82, 2.24) is 0 Å². The molecule has 180 valence electrons. The first-order chi connectivity index (χ1) is 14.1. The minimum atomic E-state index is -1.73. The quantitative estimate of drug-likeness (QED) is 0.114. The van der Waals surface area contributed by atoms with Gasteiger partial charge in [0.15, 0.2) is 8.32 Å². The normalized spacial score (nSPS) is 13.4. The number of rotatable bonds is 19. The zero-order valence-electron chi connectivity index (χ0n) is 21.6. The molecule has 30 heavy (non-hydrogen) atoms. The average Bonchev–Trinajstić information content (AvgIpc) is 2.67. The van der Waals surface area contributed by atoms with Crippen LogP contribution in [0.4, 0.5) is 0 Å². The van der Waals surface area contributed by atoms with E-state index in [1.165, 1.54) is 77.7 Å². The summed E-state index contributed by atoms with van der Waals surface area (Å²) < 4.78 is 11.5. The molecule has 0 saturated heterocycles. The molecule has 0 aromatic heterocycles. The number of hydrogen-bond acceptors (Lipinski definition) is 3. The molecule has 0 aromatic carbocycles. The predicted molar refractivity (Wildman–Crippen MR) is 134 cm³/mol. The molecule has 1 atom stereocenters. The lowest BCUT2D eigenvalue weighted by molar-refractivity contribution is -0.140. The highest BCUT2D eigenvalue weighted by Gasteiger charge is 2.38. The highest BCUT2D eigenvalue weighted by molar-refractivity contribution is 6.74. The number of hydrogen-bond donors (Lipinski definition) is 0. The fourth-order valence-corrected chi connectivity index (χ4v) is 5.06. The van der Waals surface area contributed by atoms with E-state index in [9.17, 15) is 4.79 Å². The average molecular weight is 443 g/mol. The van der Waals surface area contributed by atoms with Crippen LogP contribution in [-0.4, -0.2) is 27.5 Å². The maximum atomic E-state index is 11.3. The number of methoxy groups -OCH3 is 1. The zero-order chi connectivity index (χ0) is 22.9. The fourth-order valence-electron chi connectivity index (χ4n) is 3.64. The summed E-state index contributed by atoms with van der Waals surface area (Å²) in [4.78, 5) is 11.3. The number of ether oxygens (including phenoxy) is 1. The maximum absolute atomic E-state index is 11.3. The van der Waals surface area contributed by atoms with Gasteiger partial charge in [0, 0.05) is 12.5 Å². The molecule has 0 amide bonds. The van der Waals surface area contributed by atoms with Gasteiger partial charge in [-0.1, -0.05) is 105 Å². The van der Waals surface area contributed by atoms with E-state index in [0.29, 0.717) is 12.5 Å². The second kappa shape index (κ2) is 17.2. The molecule has 0 spiro atoms. The number of carbonyl (C=O) groups excluding carboxylic acids is 1. The van der Waals surface area contributed by atoms with Crippen LogP contribution in [0.1, 0.15) is 130 Å². The van der Waals surface area contributed by atoms with Crippen LogP contribution in [0.5, 0.6) is 0 Å². The predicted octanol–water partition coefficient (Wildman–Crippen LogP) is 8.81. The summed E-state index contributed by atoms with van der Waals surface area (Å²) in [6.07, 6.45) is 20.2. The lowest BCUT2D eigenvalue weighted by Crippen LogP contribution is -2.44. The van der Waals surface area contributed by atoms with Gasteiger partial charge in [-0.05, 0) is 37.4 Å². The maximum Gasteiger partial charge on any atom is 0.305 e. The van der Waals surface area contributed by atoms with Crippen LogP contribution in [0.25, 0.3) is 0 Å². The van der Waals surface area contributed by atoms with Crippen molar-refractivity contribution in [1.29, 1.82) is 0 Å². The van der Waals surface area contributed by atoms with E-state index >= 15 is 0 Å². The van der Waals surface area contributed by atoms with E-state index in [2.05, 4.69) is 40.8 Å². The van der Waals surface area contributed by atoms with Gasteiger partial charge in [-0.15, -0.1) is 0 Å². The van der Waals surface area contributed by atoms with Crippen molar-refractivity contribution >= 4 is 14.3 Å². The van der Waals surface area contributed by atoms with Crippen molar-refractivity contribution < 1.29 is 14.0 Å². The molecule has 0 aromatic rings. The standard InChI is InChI=1S/C26H54O3Si/c1-8-9-10-11-12-13-14-15-16-18-21-24(29-30(6,7)26(2,3)4)22-19-17-20-23-25(27)28-5/h24H,8-23H2,1-7H3. The van der Waals surface area contributed by atoms with Crippen molar-refractivity contribution in [3.8, 4) is 0 Å². The summed E-state index contributed by atoms with van der Waals surface area (Å²) in [6.45, 7) is 14.0. The first-order valence-electron chi connectivity index (χ1n) is 12.9. The van der Waals surface area contributed by atoms with Crippen molar-refractivity contribution in [3.63, 3.8) is 0 Å². The van der Waals surface area contributed by atoms with Crippen molar-refractivity contribution in [2.24, 2.45) is 0 Å². The molecule has 3 nitrogen and oxygen atoms in total. The number of carbonyl (C=O) groups is 1. The highest BCUT2D eigenvalue weighted by atomic mass is 28.4. The molecule has 0 aliphatic rings. The molecule has 0 saturated carbocycles. The van der Waals surface area contributed by atoms with E-state index in [1.54, 1.807) is 0 Å². The number of esters is 1. The second-order valence-corrected chi connectivity index (χ2v) is 15.4. The van der Waals surface area contributed by atoms with E-state index in [4.69, 9.17) is 9.16 Å². The van der Waals surface area contributed by atoms with E-state index in [1.807, 2.05) is 0 Å². The Morgan fingerprint density at radius 2 is 1.20 bits per heavy atom. The van der Waals surface area contributed by atoms with E-state index in [-0.39, 0.29) is 11.0 Å². The van der Waals surface area contributed by atoms with Gasteiger partial charge in [0.2, 0.25) is 0 Å². The first-order valence-corrected chi connectivity index (χ1v) is 15.8. The van der Waals surface area contributed by atoms with Crippen LogP contribution in [0.3, 0.4) is 0 Å². The van der Waals surface area contributed by atoms with Gasteiger partial charge in [-0.2, -0.15) is 0 Å². The number of unbranched alkanes of at least 4 members (excludes halogenated alkanes) is 11. The van der Waals surface area contributed by atoms with Crippen molar-refractivity contribution in [2.45, 2.75) is 155 Å². The summed E-state index contributed by atoms with van der Waals surface area (Å²) in [6, 6.07) is 0. The van der Waals surface area contributed by atoms with Gasteiger partial charge in [0.1, 0.15) is 0 Å². The Kier molecular flexibility index (Phi) is 17.0. The molecule has 0 N–H and O–H groups in total. The van der Waals surface area contributed by atoms with Crippen LogP contribution in [0.2, 0.25) is 18.1 Å². The smallest absolute Gasteiger partial charge is 0.305 e. The summed E-state index contributed by atoms with van der Waals surface area (Å²) in [5.41, 5.74) is 0. The van der Waals surface area contributed by atoms with Crippen LogP contribution in [0.15, 0.2) is 0 Å². The molecule has 0 bridgehead atoms. The Morgan fingerprint density at radius 3 is 1.63 bits per heavy atom. The lowest BCUT2D eigenvalue weighted by Gasteiger charge is -2.39. The van der Waals surface area contributed by atoms with Crippen LogP contribution in [0, 0.1) is 0 Å². The minimum absolute atomic E-state index is 0.0885. The molecule has 0 rings (SSSR count). The Labute approximate surface area is 190 Å². The first kappa shape index (κ1) is 29.6. The summed E-state index contributed by atoms with van der Waals surface area (Å²) in [5, 5.41) is 0.258. The molecule has 0 radical (unpaired) electrons. The summed E-state index contributed by atoms with van der Waals surface area (Å²) >= 11 is 0. The Bertz CT molecular complexity index is 415. The molecule has 0 aliphatic heterocycles. The molecular formula is C26H54O3Si. The lowest BCUT2D eigenvalue weighted by atomic mass is 10.0. The Balaban J connectivity index is 4.19. The summed E-state index contributed by atoms with van der Waals surface area (Å²) in [5.74, 6) is -0.0885. The third-order valence-electron chi connectivity index (χ3n) is 6.78. The molecule has 1 unspecified atom stereocenters. The largest absolute Gasteiger partial charge is 0.469 e. The monoisotopic (exact) mass is 442 g/mol. The fraction of sp³-hybridized carbons (Fsp3) is 0.962. The van der Waals surface area contributed by atoms with E-state index in [0.717, 1.165) is 25.7 Å². The molecule has 0 fully saturated rings. The SMILES string of the molecule is CCCCCCCCCCCCC(CCCCCC(=O)OC)O[Si](C)(C)C(C)(C)C. The molecular weight excluding hydrogens is 388 g/mol. The van der Waals surface area contributed by atoms with Crippen molar-refractivity contribution in [2.75, 3.05) is 7.11 Å². The van der Waals surface area contributed by atoms with Crippen molar-refractivity contribution in [3.05, 3.63) is 0 Å². The second-order valence-electron chi connectivity index (χ2n) is 10.6. The van der Waals surface area contributed by atoms with Gasteiger partial charge in [0.25, 0.3) is 0 Å². The zero-order valence-corrected chi connectivity index (χ0v) is 22.6. The third kappa shape index (κ3) is 15.4. The molecule has 0 aliphatic carbocycles. The molecule has 4 heteroatoms. The van der Waals surface area contributed by atoms with Gasteiger partial charge in [0.05, 0.1) is 7.11 Å². The Morgan fingerprint density at radius 1 is 0.767 bits per heavy atom. The van der Waals surface area contributed by atoms with E-state index < -0.39 is 8.32 Å². The Hall–Kier alpha value is -0.353. The van der Waals surface area contributed by atoms with Gasteiger partial charge in [-0.25, -0.2) is 0 Å². The van der Waals surface area contributed by atoms with Crippen LogP contribution < -0.4 is 0 Å². The van der Waals surface area contributed by atoms with Gasteiger partial charge in [-0.3, -0.25) is 4.79 Å². The summed E-state index contributed by atoms with van der Waals surface area (Å²) in [7, 11) is -0.261. The minimum Gasteiger partial charge on any atom is -0.469 e. The topological polar surface area (TPSA) is 35.5 Å².